The van der Waals surface area contributed by atoms with Gasteiger partial charge in [-0.2, -0.15) is 0 Å². The highest BCUT2D eigenvalue weighted by molar-refractivity contribution is 14.1. The Hall–Kier alpha value is -1.56. The number of carboxylic acid groups (broad SMARTS) is 1. The van der Waals surface area contributed by atoms with Gasteiger partial charge in [0.25, 0.3) is 0 Å². The first kappa shape index (κ1) is 13.9. The Morgan fingerprint density at radius 1 is 1.05 bits per heavy atom. The minimum absolute atomic E-state index is 0.0737. The third-order valence-corrected chi connectivity index (χ3v) is 3.68. The van der Waals surface area contributed by atoms with Gasteiger partial charge < -0.3 is 10.4 Å². The Morgan fingerprint density at radius 2 is 1.68 bits per heavy atom. The molecule has 0 saturated carbocycles. The van der Waals surface area contributed by atoms with Crippen LogP contribution in [0.2, 0.25) is 0 Å². The molecule has 0 aliphatic carbocycles. The van der Waals surface area contributed by atoms with Gasteiger partial charge in [0, 0.05) is 15.8 Å². The molecule has 0 atom stereocenters. The Bertz CT molecular complexity index is 567. The lowest BCUT2D eigenvalue weighted by Crippen LogP contribution is -2.02. The van der Waals surface area contributed by atoms with Crippen LogP contribution in [0.25, 0.3) is 0 Å². The van der Waals surface area contributed by atoms with Crippen LogP contribution in [0, 0.1) is 3.57 Å². The molecule has 2 aromatic rings. The predicted molar refractivity (Wildman–Crippen MR) is 84.3 cm³/mol. The first-order chi connectivity index (χ1) is 9.15. The molecule has 0 bridgehead atoms. The van der Waals surface area contributed by atoms with Gasteiger partial charge in [0.1, 0.15) is 0 Å². The maximum atomic E-state index is 10.6. The average molecular weight is 367 g/mol. The van der Waals surface area contributed by atoms with Crippen molar-refractivity contribution in [3.63, 3.8) is 0 Å². The van der Waals surface area contributed by atoms with Gasteiger partial charge in [-0.05, 0) is 45.9 Å². The van der Waals surface area contributed by atoms with Crippen molar-refractivity contribution >= 4 is 34.2 Å². The van der Waals surface area contributed by atoms with Crippen molar-refractivity contribution in [2.45, 2.75) is 13.0 Å². The van der Waals surface area contributed by atoms with Crippen molar-refractivity contribution in [2.75, 3.05) is 5.32 Å². The third-order valence-electron chi connectivity index (χ3n) is 2.74. The zero-order chi connectivity index (χ0) is 13.7. The first-order valence-electron chi connectivity index (χ1n) is 5.93. The van der Waals surface area contributed by atoms with Gasteiger partial charge in [-0.25, -0.2) is 0 Å². The van der Waals surface area contributed by atoms with E-state index >= 15 is 0 Å². The van der Waals surface area contributed by atoms with Crippen molar-refractivity contribution in [2.24, 2.45) is 0 Å². The number of carboxylic acids is 1. The van der Waals surface area contributed by atoms with E-state index in [1.807, 2.05) is 42.5 Å². The van der Waals surface area contributed by atoms with Gasteiger partial charge in [-0.15, -0.1) is 0 Å². The third kappa shape index (κ3) is 4.24. The molecule has 4 heteroatoms. The molecule has 3 nitrogen and oxygen atoms in total. The van der Waals surface area contributed by atoms with Crippen LogP contribution in [0.1, 0.15) is 11.1 Å². The molecule has 0 spiro atoms. The highest BCUT2D eigenvalue weighted by Gasteiger charge is 2.01. The smallest absolute Gasteiger partial charge is 0.307 e. The monoisotopic (exact) mass is 367 g/mol. The van der Waals surface area contributed by atoms with Gasteiger partial charge in [0.2, 0.25) is 0 Å². The van der Waals surface area contributed by atoms with E-state index in [9.17, 15) is 4.79 Å². The van der Waals surface area contributed by atoms with Crippen LogP contribution in [-0.4, -0.2) is 11.1 Å². The second kappa shape index (κ2) is 6.56. The van der Waals surface area contributed by atoms with Crippen LogP contribution in [0.4, 0.5) is 5.69 Å². The first-order valence-corrected chi connectivity index (χ1v) is 7.01. The van der Waals surface area contributed by atoms with Crippen LogP contribution in [0.5, 0.6) is 0 Å². The maximum Gasteiger partial charge on any atom is 0.307 e. The fraction of sp³-hybridized carbons (Fsp3) is 0.133. The van der Waals surface area contributed by atoms with E-state index in [0.29, 0.717) is 0 Å². The van der Waals surface area contributed by atoms with E-state index in [4.69, 9.17) is 5.11 Å². The summed E-state index contributed by atoms with van der Waals surface area (Å²) in [6.07, 6.45) is 0.0737. The summed E-state index contributed by atoms with van der Waals surface area (Å²) in [7, 11) is 0. The van der Waals surface area contributed by atoms with Crippen molar-refractivity contribution in [1.29, 1.82) is 0 Å². The van der Waals surface area contributed by atoms with E-state index in [0.717, 1.165) is 23.4 Å². The van der Waals surface area contributed by atoms with Gasteiger partial charge in [-0.1, -0.05) is 36.4 Å². The van der Waals surface area contributed by atoms with E-state index in [1.54, 1.807) is 0 Å². The second-order valence-electron chi connectivity index (χ2n) is 4.22. The van der Waals surface area contributed by atoms with Gasteiger partial charge >= 0.3 is 5.97 Å². The number of rotatable bonds is 5. The SMILES string of the molecule is O=C(O)Cc1ccc(CNc2ccccc2I)cc1. The number of hydrogen-bond acceptors (Lipinski definition) is 2. The van der Waals surface area contributed by atoms with Crippen molar-refractivity contribution in [3.05, 3.63) is 63.2 Å². The summed E-state index contributed by atoms with van der Waals surface area (Å²) < 4.78 is 1.18. The number of aliphatic carboxylic acids is 1. The van der Waals surface area contributed by atoms with Crippen LogP contribution in [0.15, 0.2) is 48.5 Å². The molecule has 0 unspecified atom stereocenters. The van der Waals surface area contributed by atoms with Crippen LogP contribution in [0.3, 0.4) is 0 Å². The predicted octanol–water partition coefficient (Wildman–Crippen LogP) is 3.53. The minimum Gasteiger partial charge on any atom is -0.481 e. The molecule has 0 aliphatic heterocycles. The fourth-order valence-corrected chi connectivity index (χ4v) is 2.33. The fourth-order valence-electron chi connectivity index (χ4n) is 1.75. The highest BCUT2D eigenvalue weighted by atomic mass is 127. The lowest BCUT2D eigenvalue weighted by Gasteiger charge is -2.08. The van der Waals surface area contributed by atoms with Crippen molar-refractivity contribution in [3.8, 4) is 0 Å². The zero-order valence-electron chi connectivity index (χ0n) is 10.3. The lowest BCUT2D eigenvalue weighted by molar-refractivity contribution is -0.136. The van der Waals surface area contributed by atoms with Crippen LogP contribution < -0.4 is 5.32 Å². The van der Waals surface area contributed by atoms with Crippen LogP contribution >= 0.6 is 22.6 Å². The Morgan fingerprint density at radius 3 is 2.32 bits per heavy atom. The molecule has 2 aromatic carbocycles. The van der Waals surface area contributed by atoms with Crippen molar-refractivity contribution in [1.82, 2.24) is 0 Å². The lowest BCUT2D eigenvalue weighted by atomic mass is 10.1. The normalized spacial score (nSPS) is 10.2. The molecule has 19 heavy (non-hydrogen) atoms. The highest BCUT2D eigenvalue weighted by Crippen LogP contribution is 2.18. The van der Waals surface area contributed by atoms with Gasteiger partial charge in [-0.3, -0.25) is 4.79 Å². The number of nitrogens with one attached hydrogen (secondary N) is 1. The summed E-state index contributed by atoms with van der Waals surface area (Å²) >= 11 is 2.29. The average Bonchev–Trinajstić information content (AvgIpc) is 2.39. The molecular formula is C15H14INO2. The summed E-state index contributed by atoms with van der Waals surface area (Å²) in [5.74, 6) is -0.801. The number of hydrogen-bond donors (Lipinski definition) is 2. The molecule has 98 valence electrons. The molecule has 2 rings (SSSR count). The molecule has 2 N–H and O–H groups in total. The van der Waals surface area contributed by atoms with Crippen LogP contribution in [-0.2, 0) is 17.8 Å². The van der Waals surface area contributed by atoms with E-state index in [1.165, 1.54) is 3.57 Å². The van der Waals surface area contributed by atoms with E-state index in [2.05, 4.69) is 34.0 Å². The molecular weight excluding hydrogens is 353 g/mol. The molecule has 0 radical (unpaired) electrons. The van der Waals surface area contributed by atoms with E-state index in [-0.39, 0.29) is 6.42 Å². The Kier molecular flexibility index (Phi) is 4.79. The Balaban J connectivity index is 1.97. The quantitative estimate of drug-likeness (QED) is 0.795. The molecule has 0 amide bonds. The second-order valence-corrected chi connectivity index (χ2v) is 5.38. The molecule has 0 saturated heterocycles. The summed E-state index contributed by atoms with van der Waals surface area (Å²) in [4.78, 5) is 10.6. The molecule has 0 heterocycles. The molecule has 0 fully saturated rings. The van der Waals surface area contributed by atoms with Crippen molar-refractivity contribution < 1.29 is 9.90 Å². The number of para-hydroxylation sites is 1. The minimum atomic E-state index is -0.801. The number of benzene rings is 2. The number of carbonyl (C=O) groups is 1. The standard InChI is InChI=1S/C15H14INO2/c16-13-3-1-2-4-14(13)17-10-12-7-5-11(6-8-12)9-15(18)19/h1-8,17H,9-10H2,(H,18,19). The van der Waals surface area contributed by atoms with E-state index < -0.39 is 5.97 Å². The van der Waals surface area contributed by atoms with Gasteiger partial charge in [0.15, 0.2) is 0 Å². The topological polar surface area (TPSA) is 49.3 Å². The Labute approximate surface area is 125 Å². The zero-order valence-corrected chi connectivity index (χ0v) is 12.4. The number of halogens is 1. The summed E-state index contributed by atoms with van der Waals surface area (Å²) in [6, 6.07) is 15.7. The largest absolute Gasteiger partial charge is 0.481 e. The summed E-state index contributed by atoms with van der Waals surface area (Å²) in [5, 5.41) is 12.1. The molecule has 0 aromatic heterocycles. The van der Waals surface area contributed by atoms with Gasteiger partial charge in [0.05, 0.1) is 6.42 Å². The maximum absolute atomic E-state index is 10.6. The summed E-state index contributed by atoms with van der Waals surface area (Å²) in [6.45, 7) is 0.730. The number of anilines is 1. The summed E-state index contributed by atoms with van der Waals surface area (Å²) in [5.41, 5.74) is 3.07. The molecule has 0 aliphatic rings.